The summed E-state index contributed by atoms with van der Waals surface area (Å²) in [4.78, 5) is 15.9. The van der Waals surface area contributed by atoms with Crippen molar-refractivity contribution in [3.05, 3.63) is 66.0 Å². The van der Waals surface area contributed by atoms with E-state index in [2.05, 4.69) is 10.1 Å². The third-order valence-electron chi connectivity index (χ3n) is 4.14. The molecule has 2 heterocycles. The third-order valence-corrected chi connectivity index (χ3v) is 4.14. The SMILES string of the molecule is Nc1ccc(-n2ncc(C(=O)c3cc4ccccc4[nH]3)c2N)cc1N. The summed E-state index contributed by atoms with van der Waals surface area (Å²) in [5.74, 6) is 0.0243. The van der Waals surface area contributed by atoms with Crippen LogP contribution in [0.1, 0.15) is 16.1 Å². The molecule has 0 amide bonds. The summed E-state index contributed by atoms with van der Waals surface area (Å²) >= 11 is 0. The predicted molar refractivity (Wildman–Crippen MR) is 98.5 cm³/mol. The van der Waals surface area contributed by atoms with Crippen LogP contribution in [0.2, 0.25) is 0 Å². The van der Waals surface area contributed by atoms with Crippen LogP contribution in [0.25, 0.3) is 16.6 Å². The molecule has 0 aliphatic rings. The zero-order chi connectivity index (χ0) is 17.6. The van der Waals surface area contributed by atoms with Gasteiger partial charge in [-0.25, -0.2) is 4.68 Å². The van der Waals surface area contributed by atoms with E-state index in [4.69, 9.17) is 17.2 Å². The standard InChI is InChI=1S/C18H16N6O/c19-13-6-5-11(8-14(13)20)24-18(21)12(9-22-24)17(25)16-7-10-3-1-2-4-15(10)23-16/h1-9,23H,19-21H2. The van der Waals surface area contributed by atoms with Gasteiger partial charge in [0.25, 0.3) is 0 Å². The van der Waals surface area contributed by atoms with Crippen molar-refractivity contribution in [3.8, 4) is 5.69 Å². The van der Waals surface area contributed by atoms with E-state index >= 15 is 0 Å². The normalized spacial score (nSPS) is 11.0. The molecule has 0 fully saturated rings. The molecule has 124 valence electrons. The maximum absolute atomic E-state index is 12.8. The van der Waals surface area contributed by atoms with Crippen LogP contribution in [0, 0.1) is 0 Å². The Morgan fingerprint density at radius 1 is 1.00 bits per heavy atom. The number of nitrogen functional groups attached to an aromatic ring is 3. The van der Waals surface area contributed by atoms with Crippen molar-refractivity contribution in [3.63, 3.8) is 0 Å². The van der Waals surface area contributed by atoms with E-state index in [1.54, 1.807) is 24.3 Å². The molecule has 0 aliphatic carbocycles. The number of nitrogens with one attached hydrogen (secondary N) is 1. The number of hydrogen-bond donors (Lipinski definition) is 4. The molecule has 2 aromatic heterocycles. The maximum Gasteiger partial charge on any atom is 0.214 e. The number of H-pyrrole nitrogens is 1. The second kappa shape index (κ2) is 5.41. The number of fused-ring (bicyclic) bond motifs is 1. The van der Waals surface area contributed by atoms with Gasteiger partial charge in [-0.2, -0.15) is 5.10 Å². The number of carbonyl (C=O) groups is 1. The zero-order valence-corrected chi connectivity index (χ0v) is 13.2. The van der Waals surface area contributed by atoms with Crippen molar-refractivity contribution in [1.82, 2.24) is 14.8 Å². The first-order valence-electron chi connectivity index (χ1n) is 7.66. The molecule has 7 nitrogen and oxygen atoms in total. The quantitative estimate of drug-likeness (QED) is 0.338. The fourth-order valence-electron chi connectivity index (χ4n) is 2.77. The number of hydrogen-bond acceptors (Lipinski definition) is 5. The van der Waals surface area contributed by atoms with Crippen molar-refractivity contribution in [1.29, 1.82) is 0 Å². The first-order valence-corrected chi connectivity index (χ1v) is 7.66. The van der Waals surface area contributed by atoms with E-state index in [1.807, 2.05) is 24.3 Å². The molecule has 4 aromatic rings. The molecule has 0 aliphatic heterocycles. The van der Waals surface area contributed by atoms with Gasteiger partial charge in [-0.15, -0.1) is 0 Å². The summed E-state index contributed by atoms with van der Waals surface area (Å²) in [5, 5.41) is 5.18. The highest BCUT2D eigenvalue weighted by Crippen LogP contribution is 2.24. The average molecular weight is 332 g/mol. The zero-order valence-electron chi connectivity index (χ0n) is 13.2. The van der Waals surface area contributed by atoms with E-state index in [-0.39, 0.29) is 11.6 Å². The maximum atomic E-state index is 12.8. The Kier molecular flexibility index (Phi) is 3.21. The molecule has 0 atom stereocenters. The van der Waals surface area contributed by atoms with Gasteiger partial charge in [-0.05, 0) is 30.3 Å². The Morgan fingerprint density at radius 2 is 1.80 bits per heavy atom. The molecule has 4 rings (SSSR count). The molecule has 0 saturated carbocycles. The van der Waals surface area contributed by atoms with Crippen molar-refractivity contribution in [2.75, 3.05) is 17.2 Å². The largest absolute Gasteiger partial charge is 0.397 e. The predicted octanol–water partition coefficient (Wildman–Crippen LogP) is 2.33. The van der Waals surface area contributed by atoms with Gasteiger partial charge in [0.05, 0.1) is 34.5 Å². The van der Waals surface area contributed by atoms with Crippen molar-refractivity contribution < 1.29 is 4.79 Å². The lowest BCUT2D eigenvalue weighted by molar-refractivity contribution is 0.103. The lowest BCUT2D eigenvalue weighted by Crippen LogP contribution is -2.08. The van der Waals surface area contributed by atoms with Crippen molar-refractivity contribution in [2.24, 2.45) is 0 Å². The summed E-state index contributed by atoms with van der Waals surface area (Å²) in [5.41, 5.74) is 20.9. The van der Waals surface area contributed by atoms with E-state index < -0.39 is 0 Å². The fraction of sp³-hybridized carbons (Fsp3) is 0. The molecule has 25 heavy (non-hydrogen) atoms. The molecule has 2 aromatic carbocycles. The van der Waals surface area contributed by atoms with Crippen LogP contribution in [-0.2, 0) is 0 Å². The lowest BCUT2D eigenvalue weighted by atomic mass is 10.1. The van der Waals surface area contributed by atoms with Crippen LogP contribution in [0.5, 0.6) is 0 Å². The van der Waals surface area contributed by atoms with Gasteiger partial charge in [0.2, 0.25) is 5.78 Å². The Labute approximate surface area is 143 Å². The minimum absolute atomic E-state index is 0.219. The minimum atomic E-state index is -0.219. The van der Waals surface area contributed by atoms with Gasteiger partial charge in [0.15, 0.2) is 0 Å². The fourth-order valence-corrected chi connectivity index (χ4v) is 2.77. The molecular formula is C18H16N6O. The summed E-state index contributed by atoms with van der Waals surface area (Å²) in [6.45, 7) is 0. The number of aromatic nitrogens is 3. The Hall–Kier alpha value is -3.74. The van der Waals surface area contributed by atoms with Gasteiger partial charge in [0, 0.05) is 10.9 Å². The molecule has 0 bridgehead atoms. The Bertz CT molecular complexity index is 1070. The summed E-state index contributed by atoms with van der Waals surface area (Å²) < 4.78 is 1.46. The second-order valence-electron chi connectivity index (χ2n) is 5.77. The second-order valence-corrected chi connectivity index (χ2v) is 5.77. The van der Waals surface area contributed by atoms with E-state index in [0.29, 0.717) is 28.3 Å². The Morgan fingerprint density at radius 3 is 2.56 bits per heavy atom. The number of benzene rings is 2. The van der Waals surface area contributed by atoms with Crippen LogP contribution in [-0.4, -0.2) is 20.5 Å². The van der Waals surface area contributed by atoms with Crippen molar-refractivity contribution in [2.45, 2.75) is 0 Å². The van der Waals surface area contributed by atoms with E-state index in [1.165, 1.54) is 10.9 Å². The minimum Gasteiger partial charge on any atom is -0.397 e. The third kappa shape index (κ3) is 2.38. The number of aromatic amines is 1. The number of ketones is 1. The van der Waals surface area contributed by atoms with Gasteiger partial charge in [0.1, 0.15) is 5.82 Å². The average Bonchev–Trinajstić information content (AvgIpc) is 3.20. The number of nitrogens with two attached hydrogens (primary N) is 3. The first-order chi connectivity index (χ1) is 12.0. The molecule has 0 spiro atoms. The highest BCUT2D eigenvalue weighted by molar-refractivity contribution is 6.12. The molecular weight excluding hydrogens is 316 g/mol. The topological polar surface area (TPSA) is 129 Å². The van der Waals surface area contributed by atoms with E-state index in [9.17, 15) is 4.79 Å². The summed E-state index contributed by atoms with van der Waals surface area (Å²) in [7, 11) is 0. The van der Waals surface area contributed by atoms with Gasteiger partial charge in [-0.1, -0.05) is 18.2 Å². The molecule has 0 unspecified atom stereocenters. The molecule has 0 radical (unpaired) electrons. The highest BCUT2D eigenvalue weighted by atomic mass is 16.1. The number of nitrogens with zero attached hydrogens (tertiary/aromatic N) is 2. The number of anilines is 3. The van der Waals surface area contributed by atoms with Crippen molar-refractivity contribution >= 4 is 33.9 Å². The first kappa shape index (κ1) is 14.8. The molecule has 7 heteroatoms. The molecule has 0 saturated heterocycles. The van der Waals surface area contributed by atoms with Crippen LogP contribution < -0.4 is 17.2 Å². The number of rotatable bonds is 3. The number of carbonyl (C=O) groups excluding carboxylic acids is 1. The number of para-hydroxylation sites is 1. The summed E-state index contributed by atoms with van der Waals surface area (Å²) in [6.07, 6.45) is 1.45. The van der Waals surface area contributed by atoms with Crippen LogP contribution in [0.15, 0.2) is 54.7 Å². The van der Waals surface area contributed by atoms with Crippen LogP contribution >= 0.6 is 0 Å². The van der Waals surface area contributed by atoms with Crippen LogP contribution in [0.3, 0.4) is 0 Å². The molecule has 7 N–H and O–H groups in total. The monoisotopic (exact) mass is 332 g/mol. The van der Waals surface area contributed by atoms with Gasteiger partial charge >= 0.3 is 0 Å². The van der Waals surface area contributed by atoms with E-state index in [0.717, 1.165) is 10.9 Å². The van der Waals surface area contributed by atoms with Gasteiger partial charge < -0.3 is 22.2 Å². The summed E-state index contributed by atoms with van der Waals surface area (Å²) in [6, 6.07) is 14.6. The lowest BCUT2D eigenvalue weighted by Gasteiger charge is -2.07. The smallest absolute Gasteiger partial charge is 0.214 e. The van der Waals surface area contributed by atoms with Gasteiger partial charge in [-0.3, -0.25) is 4.79 Å². The van der Waals surface area contributed by atoms with Crippen LogP contribution in [0.4, 0.5) is 17.2 Å². The Balaban J connectivity index is 1.75. The highest BCUT2D eigenvalue weighted by Gasteiger charge is 2.19.